The molecule has 0 aromatic heterocycles. The first kappa shape index (κ1) is 14.2. The van der Waals surface area contributed by atoms with Crippen LogP contribution in [0.4, 0.5) is 23.0 Å². The lowest BCUT2D eigenvalue weighted by molar-refractivity contribution is 0.368. The molecule has 1 rings (SSSR count). The van der Waals surface area contributed by atoms with E-state index in [2.05, 4.69) is 4.98 Å². The Morgan fingerprint density at radius 1 is 1.25 bits per heavy atom. The van der Waals surface area contributed by atoms with Crippen LogP contribution in [0.15, 0.2) is 18.2 Å². The number of nitrogens with zero attached hydrogens (tertiary/aromatic N) is 2. The number of rotatable bonds is 1. The van der Waals surface area contributed by atoms with E-state index in [1.807, 2.05) is 19.1 Å². The molecule has 8 heteroatoms. The summed E-state index contributed by atoms with van der Waals surface area (Å²) < 4.78 is 44.0. The number of diazo groups is 1. The van der Waals surface area contributed by atoms with Gasteiger partial charge in [0.1, 0.15) is 0 Å². The molecule has 0 spiro atoms. The monoisotopic (exact) mass is 236 g/mol. The van der Waals surface area contributed by atoms with Gasteiger partial charge in [0, 0.05) is 6.07 Å². The molecule has 0 fully saturated rings. The van der Waals surface area contributed by atoms with Crippen molar-refractivity contribution >= 4 is 12.9 Å². The van der Waals surface area contributed by atoms with Crippen LogP contribution in [-0.2, 0) is 0 Å². The van der Waals surface area contributed by atoms with Crippen LogP contribution in [0.3, 0.4) is 0 Å². The zero-order valence-corrected chi connectivity index (χ0v) is 8.62. The van der Waals surface area contributed by atoms with Crippen molar-refractivity contribution in [2.45, 2.75) is 6.92 Å². The number of hydrogen-bond donors (Lipinski definition) is 0. The molecule has 0 aliphatic carbocycles. The molecular formula is C8H9BF4N2O. The van der Waals surface area contributed by atoms with Crippen LogP contribution in [0.5, 0.6) is 5.75 Å². The lowest BCUT2D eigenvalue weighted by Crippen LogP contribution is -2.02. The normalized spacial score (nSPS) is 9.81. The fraction of sp³-hybridized carbons (Fsp3) is 0.250. The van der Waals surface area contributed by atoms with E-state index in [9.17, 15) is 17.3 Å². The SMILES string of the molecule is COc1cc(C)ccc1[N+]#N.F[B-](F)(F)F. The van der Waals surface area contributed by atoms with Gasteiger partial charge >= 0.3 is 12.9 Å². The second kappa shape index (κ2) is 5.95. The summed E-state index contributed by atoms with van der Waals surface area (Å²) in [6.45, 7) is 1.95. The average Bonchev–Trinajstić information content (AvgIpc) is 2.15. The average molecular weight is 236 g/mol. The van der Waals surface area contributed by atoms with E-state index >= 15 is 0 Å². The van der Waals surface area contributed by atoms with Crippen LogP contribution >= 0.6 is 0 Å². The lowest BCUT2D eigenvalue weighted by Gasteiger charge is -1.95. The molecule has 1 aromatic carbocycles. The van der Waals surface area contributed by atoms with Gasteiger partial charge in [-0.25, -0.2) is 0 Å². The summed E-state index contributed by atoms with van der Waals surface area (Å²) in [6, 6.07) is 5.38. The Hall–Kier alpha value is -1.78. The number of methoxy groups -OCH3 is 1. The molecule has 0 saturated carbocycles. The highest BCUT2D eigenvalue weighted by molar-refractivity contribution is 6.50. The summed E-state index contributed by atoms with van der Waals surface area (Å²) in [5.41, 5.74) is 1.53. The van der Waals surface area contributed by atoms with Crippen molar-refractivity contribution in [2.24, 2.45) is 0 Å². The quantitative estimate of drug-likeness (QED) is 0.422. The summed E-state index contributed by atoms with van der Waals surface area (Å²) >= 11 is 0. The summed E-state index contributed by atoms with van der Waals surface area (Å²) in [5.74, 6) is 0.590. The molecule has 3 nitrogen and oxygen atoms in total. The van der Waals surface area contributed by atoms with Gasteiger partial charge in [0.25, 0.3) is 0 Å². The van der Waals surface area contributed by atoms with Gasteiger partial charge in [0.2, 0.25) is 11.1 Å². The fourth-order valence-electron chi connectivity index (χ4n) is 0.867. The first-order valence-corrected chi connectivity index (χ1v) is 4.15. The number of ether oxygens (including phenoxy) is 1. The molecule has 0 saturated heterocycles. The second-order valence-electron chi connectivity index (χ2n) is 2.77. The van der Waals surface area contributed by atoms with E-state index in [-0.39, 0.29) is 0 Å². The highest BCUT2D eigenvalue weighted by Crippen LogP contribution is 2.27. The minimum Gasteiger partial charge on any atom is -0.489 e. The zero-order valence-electron chi connectivity index (χ0n) is 8.62. The largest absolute Gasteiger partial charge is 0.673 e. The third-order valence-electron chi connectivity index (χ3n) is 1.44. The lowest BCUT2D eigenvalue weighted by atomic mass is 10.2. The number of hydrogen-bond acceptors (Lipinski definition) is 2. The smallest absolute Gasteiger partial charge is 0.489 e. The van der Waals surface area contributed by atoms with Crippen LogP contribution in [0, 0.1) is 12.3 Å². The first-order valence-electron chi connectivity index (χ1n) is 4.15. The predicted octanol–water partition coefficient (Wildman–Crippen LogP) is 3.79. The van der Waals surface area contributed by atoms with Gasteiger partial charge in [-0.2, -0.15) is 0 Å². The fourth-order valence-corrected chi connectivity index (χ4v) is 0.867. The Kier molecular flexibility index (Phi) is 5.29. The van der Waals surface area contributed by atoms with E-state index in [0.717, 1.165) is 5.56 Å². The van der Waals surface area contributed by atoms with Crippen molar-refractivity contribution in [3.8, 4) is 5.75 Å². The van der Waals surface area contributed by atoms with E-state index in [1.54, 1.807) is 13.2 Å². The molecular weight excluding hydrogens is 227 g/mol. The first-order chi connectivity index (χ1) is 7.27. The third kappa shape index (κ3) is 6.65. The summed E-state index contributed by atoms with van der Waals surface area (Å²) in [5, 5.41) is 8.49. The molecule has 16 heavy (non-hydrogen) atoms. The van der Waals surface area contributed by atoms with E-state index in [0.29, 0.717) is 11.4 Å². The van der Waals surface area contributed by atoms with Crippen LogP contribution in [-0.4, -0.2) is 14.4 Å². The molecule has 0 unspecified atom stereocenters. The zero-order chi connectivity index (χ0) is 12.8. The second-order valence-corrected chi connectivity index (χ2v) is 2.77. The van der Waals surface area contributed by atoms with Crippen molar-refractivity contribution in [1.29, 1.82) is 5.39 Å². The Morgan fingerprint density at radius 3 is 2.12 bits per heavy atom. The van der Waals surface area contributed by atoms with Gasteiger partial charge in [-0.3, -0.25) is 0 Å². The van der Waals surface area contributed by atoms with Gasteiger partial charge < -0.3 is 22.0 Å². The van der Waals surface area contributed by atoms with Crippen molar-refractivity contribution in [3.63, 3.8) is 0 Å². The number of halogens is 4. The van der Waals surface area contributed by atoms with E-state index in [4.69, 9.17) is 10.1 Å². The number of aryl methyl sites for hydroxylation is 1. The highest BCUT2D eigenvalue weighted by atomic mass is 19.5. The van der Waals surface area contributed by atoms with Crippen molar-refractivity contribution < 1.29 is 22.0 Å². The van der Waals surface area contributed by atoms with E-state index < -0.39 is 7.25 Å². The summed E-state index contributed by atoms with van der Waals surface area (Å²) in [6.07, 6.45) is 0. The van der Waals surface area contributed by atoms with E-state index in [1.165, 1.54) is 0 Å². The molecule has 0 atom stereocenters. The molecule has 0 aliphatic rings. The van der Waals surface area contributed by atoms with Crippen molar-refractivity contribution in [3.05, 3.63) is 28.7 Å². The Balaban J connectivity index is 0.000000385. The molecule has 0 bridgehead atoms. The summed E-state index contributed by atoms with van der Waals surface area (Å²) in [7, 11) is -4.45. The Labute approximate surface area is 89.8 Å². The molecule has 88 valence electrons. The minimum atomic E-state index is -6.00. The minimum absolute atomic E-state index is 0.457. The predicted molar refractivity (Wildman–Crippen MR) is 52.7 cm³/mol. The van der Waals surface area contributed by atoms with Gasteiger partial charge in [-0.15, -0.1) is 0 Å². The van der Waals surface area contributed by atoms with Crippen molar-refractivity contribution in [1.82, 2.24) is 0 Å². The molecule has 0 N–H and O–H groups in total. The molecule has 1 aromatic rings. The standard InChI is InChI=1S/C8H9N2O.BF4/c1-6-3-4-7(10-9)8(5-6)11-2;2-1(3,4)5/h3-5H,1-2H3;/q+1;-1. The maximum Gasteiger partial charge on any atom is 0.673 e. The Morgan fingerprint density at radius 2 is 1.75 bits per heavy atom. The van der Waals surface area contributed by atoms with Crippen LogP contribution in [0.2, 0.25) is 0 Å². The van der Waals surface area contributed by atoms with Crippen LogP contribution in [0.25, 0.3) is 4.98 Å². The van der Waals surface area contributed by atoms with Gasteiger partial charge in [-0.05, 0) is 18.6 Å². The van der Waals surface area contributed by atoms with Gasteiger partial charge in [0.05, 0.1) is 7.11 Å². The van der Waals surface area contributed by atoms with Gasteiger partial charge in [0.15, 0.2) is 4.98 Å². The summed E-state index contributed by atoms with van der Waals surface area (Å²) in [4.78, 5) is 3.06. The number of benzene rings is 1. The van der Waals surface area contributed by atoms with Crippen LogP contribution in [0.1, 0.15) is 5.56 Å². The highest BCUT2D eigenvalue weighted by Gasteiger charge is 2.20. The molecule has 0 amide bonds. The topological polar surface area (TPSA) is 37.4 Å². The molecule has 0 heterocycles. The van der Waals surface area contributed by atoms with Crippen LogP contribution < -0.4 is 4.74 Å². The van der Waals surface area contributed by atoms with Crippen molar-refractivity contribution in [2.75, 3.05) is 7.11 Å². The maximum absolute atomic E-state index is 9.75. The molecule has 0 aliphatic heterocycles. The molecule has 0 radical (unpaired) electrons. The van der Waals surface area contributed by atoms with Gasteiger partial charge in [-0.1, -0.05) is 6.07 Å². The Bertz CT molecular complexity index is 383. The third-order valence-corrected chi connectivity index (χ3v) is 1.44. The maximum atomic E-state index is 9.75.